The molecule has 3 rings (SSSR count). The van der Waals surface area contributed by atoms with Crippen LogP contribution in [0.4, 0.5) is 0 Å². The first kappa shape index (κ1) is 19.6. The van der Waals surface area contributed by atoms with Crippen molar-refractivity contribution >= 4 is 17.1 Å². The Morgan fingerprint density at radius 3 is 2.54 bits per heavy atom. The number of aromatic nitrogens is 4. The van der Waals surface area contributed by atoms with Crippen LogP contribution >= 0.6 is 0 Å². The molecule has 1 aromatic carbocycles. The Morgan fingerprint density at radius 2 is 1.89 bits per heavy atom. The summed E-state index contributed by atoms with van der Waals surface area (Å²) < 4.78 is 13.9. The van der Waals surface area contributed by atoms with Crippen LogP contribution in [0, 0.1) is 6.92 Å². The fourth-order valence-corrected chi connectivity index (χ4v) is 2.95. The number of carbonyl (C=O) groups is 1. The number of imidazole rings is 1. The van der Waals surface area contributed by atoms with Gasteiger partial charge < -0.3 is 14.0 Å². The predicted octanol–water partition coefficient (Wildman–Crippen LogP) is 0.867. The van der Waals surface area contributed by atoms with Crippen LogP contribution < -0.4 is 11.2 Å². The van der Waals surface area contributed by atoms with Gasteiger partial charge in [0.25, 0.3) is 5.56 Å². The highest BCUT2D eigenvalue weighted by Crippen LogP contribution is 2.14. The molecular weight excluding hydrogens is 364 g/mol. The molecule has 3 aromatic rings. The van der Waals surface area contributed by atoms with Crippen LogP contribution in [0.2, 0.25) is 0 Å². The third-order valence-corrected chi connectivity index (χ3v) is 4.32. The van der Waals surface area contributed by atoms with Crippen molar-refractivity contribution in [2.24, 2.45) is 0 Å². The number of carbonyl (C=O) groups excluding carboxylic acids is 1. The number of fused-ring (bicyclic) bond motifs is 1. The smallest absolute Gasteiger partial charge is 0.337 e. The molecule has 0 radical (unpaired) electrons. The molecule has 0 aliphatic carbocycles. The van der Waals surface area contributed by atoms with Gasteiger partial charge in [-0.2, -0.15) is 0 Å². The summed E-state index contributed by atoms with van der Waals surface area (Å²) in [5, 5.41) is 0. The molecule has 0 fully saturated rings. The van der Waals surface area contributed by atoms with E-state index in [1.807, 2.05) is 19.1 Å². The molecule has 0 N–H and O–H groups in total. The zero-order valence-corrected chi connectivity index (χ0v) is 16.0. The summed E-state index contributed by atoms with van der Waals surface area (Å²) in [4.78, 5) is 42.2. The van der Waals surface area contributed by atoms with Crippen molar-refractivity contribution in [1.29, 1.82) is 0 Å². The van der Waals surface area contributed by atoms with Crippen LogP contribution in [0.1, 0.15) is 12.5 Å². The fourth-order valence-electron chi connectivity index (χ4n) is 2.95. The Bertz CT molecular complexity index is 1110. The van der Waals surface area contributed by atoms with E-state index in [2.05, 4.69) is 4.98 Å². The summed E-state index contributed by atoms with van der Waals surface area (Å²) in [6.07, 6.45) is 1.37. The Balaban J connectivity index is 2.28. The standard InChI is InChI=1S/C19H22N4O5/c1-4-28-15(24)11-21-12-20-17-16(21)18(25)22(9-10-27-3)19(26)23(17)14-7-5-13(2)6-8-14/h5-8,12H,4,9-11H2,1-3H3. The minimum atomic E-state index is -0.526. The maximum atomic E-state index is 13.1. The molecule has 0 spiro atoms. The van der Waals surface area contributed by atoms with Crippen molar-refractivity contribution < 1.29 is 14.3 Å². The number of hydrogen-bond acceptors (Lipinski definition) is 6. The molecule has 0 unspecified atom stereocenters. The first-order chi connectivity index (χ1) is 13.5. The maximum absolute atomic E-state index is 13.1. The number of nitrogens with zero attached hydrogens (tertiary/aromatic N) is 4. The number of ether oxygens (including phenoxy) is 2. The van der Waals surface area contributed by atoms with Crippen molar-refractivity contribution in [2.75, 3.05) is 20.3 Å². The lowest BCUT2D eigenvalue weighted by Gasteiger charge is -2.12. The third-order valence-electron chi connectivity index (χ3n) is 4.32. The zero-order valence-electron chi connectivity index (χ0n) is 16.0. The maximum Gasteiger partial charge on any atom is 0.337 e. The van der Waals surface area contributed by atoms with Gasteiger partial charge >= 0.3 is 11.7 Å². The summed E-state index contributed by atoms with van der Waals surface area (Å²) >= 11 is 0. The molecule has 9 nitrogen and oxygen atoms in total. The lowest BCUT2D eigenvalue weighted by atomic mass is 10.2. The van der Waals surface area contributed by atoms with Crippen molar-refractivity contribution in [3.8, 4) is 5.69 Å². The number of esters is 1. The lowest BCUT2D eigenvalue weighted by Crippen LogP contribution is -2.41. The fraction of sp³-hybridized carbons (Fsp3) is 0.368. The lowest BCUT2D eigenvalue weighted by molar-refractivity contribution is -0.143. The minimum absolute atomic E-state index is 0.0839. The number of rotatable bonds is 7. The average molecular weight is 386 g/mol. The molecule has 0 aliphatic rings. The molecule has 28 heavy (non-hydrogen) atoms. The van der Waals surface area contributed by atoms with Gasteiger partial charge in [0.2, 0.25) is 0 Å². The average Bonchev–Trinajstić information content (AvgIpc) is 3.06. The third kappa shape index (κ3) is 3.61. The summed E-state index contributed by atoms with van der Waals surface area (Å²) in [7, 11) is 1.49. The van der Waals surface area contributed by atoms with E-state index >= 15 is 0 Å². The molecule has 0 bridgehead atoms. The van der Waals surface area contributed by atoms with Gasteiger partial charge in [-0.15, -0.1) is 0 Å². The zero-order chi connectivity index (χ0) is 20.3. The second kappa shape index (κ2) is 8.22. The highest BCUT2D eigenvalue weighted by Gasteiger charge is 2.20. The van der Waals surface area contributed by atoms with Crippen molar-refractivity contribution in [3.05, 3.63) is 57.0 Å². The van der Waals surface area contributed by atoms with Crippen LogP contribution in [-0.4, -0.2) is 45.0 Å². The Morgan fingerprint density at radius 1 is 1.18 bits per heavy atom. The second-order valence-electron chi connectivity index (χ2n) is 6.25. The molecule has 2 heterocycles. The molecular formula is C19H22N4O5. The Kier molecular flexibility index (Phi) is 5.74. The van der Waals surface area contributed by atoms with E-state index in [0.29, 0.717) is 5.69 Å². The molecule has 0 amide bonds. The summed E-state index contributed by atoms with van der Waals surface area (Å²) in [6.45, 7) is 3.99. The van der Waals surface area contributed by atoms with E-state index in [9.17, 15) is 14.4 Å². The minimum Gasteiger partial charge on any atom is -0.465 e. The van der Waals surface area contributed by atoms with E-state index in [0.717, 1.165) is 10.1 Å². The van der Waals surface area contributed by atoms with Gasteiger partial charge in [-0.25, -0.2) is 14.3 Å². The van der Waals surface area contributed by atoms with Gasteiger partial charge in [0, 0.05) is 7.11 Å². The molecule has 0 saturated heterocycles. The molecule has 148 valence electrons. The highest BCUT2D eigenvalue weighted by atomic mass is 16.5. The summed E-state index contributed by atoms with van der Waals surface area (Å²) in [5.74, 6) is -0.488. The SMILES string of the molecule is CCOC(=O)Cn1cnc2c1c(=O)n(CCOC)c(=O)n2-c1ccc(C)cc1. The summed E-state index contributed by atoms with van der Waals surface area (Å²) in [5.41, 5.74) is 0.921. The van der Waals surface area contributed by atoms with Crippen LogP contribution in [0.3, 0.4) is 0 Å². The van der Waals surface area contributed by atoms with Crippen molar-refractivity contribution in [1.82, 2.24) is 18.7 Å². The number of benzene rings is 1. The Hall–Kier alpha value is -3.20. The van der Waals surface area contributed by atoms with Gasteiger partial charge in [-0.05, 0) is 26.0 Å². The van der Waals surface area contributed by atoms with Crippen LogP contribution in [0.5, 0.6) is 0 Å². The quantitative estimate of drug-likeness (QED) is 0.559. The van der Waals surface area contributed by atoms with E-state index in [1.54, 1.807) is 19.1 Å². The molecule has 2 aromatic heterocycles. The van der Waals surface area contributed by atoms with E-state index in [-0.39, 0.29) is 37.5 Å². The van der Waals surface area contributed by atoms with Gasteiger partial charge in [0.05, 0.1) is 31.8 Å². The molecule has 0 aliphatic heterocycles. The van der Waals surface area contributed by atoms with Crippen LogP contribution in [-0.2, 0) is 27.4 Å². The van der Waals surface area contributed by atoms with Gasteiger partial charge in [-0.1, -0.05) is 17.7 Å². The topological polar surface area (TPSA) is 97.4 Å². The summed E-state index contributed by atoms with van der Waals surface area (Å²) in [6, 6.07) is 7.30. The second-order valence-corrected chi connectivity index (χ2v) is 6.25. The largest absolute Gasteiger partial charge is 0.465 e. The van der Waals surface area contributed by atoms with Crippen molar-refractivity contribution in [3.63, 3.8) is 0 Å². The number of hydrogen-bond donors (Lipinski definition) is 0. The number of methoxy groups -OCH3 is 1. The first-order valence-corrected chi connectivity index (χ1v) is 8.90. The molecule has 0 saturated carbocycles. The Labute approximate surface area is 160 Å². The monoisotopic (exact) mass is 386 g/mol. The van der Waals surface area contributed by atoms with Crippen LogP contribution in [0.25, 0.3) is 16.9 Å². The first-order valence-electron chi connectivity index (χ1n) is 8.90. The highest BCUT2D eigenvalue weighted by molar-refractivity contribution is 5.76. The van der Waals surface area contributed by atoms with E-state index in [1.165, 1.54) is 22.6 Å². The van der Waals surface area contributed by atoms with E-state index < -0.39 is 17.2 Å². The van der Waals surface area contributed by atoms with E-state index in [4.69, 9.17) is 9.47 Å². The van der Waals surface area contributed by atoms with Crippen LogP contribution in [0.15, 0.2) is 40.2 Å². The van der Waals surface area contributed by atoms with Crippen molar-refractivity contribution in [2.45, 2.75) is 26.9 Å². The molecule has 9 heteroatoms. The van der Waals surface area contributed by atoms with Gasteiger partial charge in [-0.3, -0.25) is 14.2 Å². The molecule has 0 atom stereocenters. The predicted molar refractivity (Wildman–Crippen MR) is 103 cm³/mol. The normalized spacial score (nSPS) is 11.1. The van der Waals surface area contributed by atoms with Gasteiger partial charge in [0.1, 0.15) is 6.54 Å². The van der Waals surface area contributed by atoms with Gasteiger partial charge in [0.15, 0.2) is 11.2 Å². The number of aryl methyl sites for hydroxylation is 1.